The number of rotatable bonds is 20. The number of hydrogen-bond donors (Lipinski definition) is 2. The van der Waals surface area contributed by atoms with Gasteiger partial charge >= 0.3 is 0 Å². The van der Waals surface area contributed by atoms with Crippen LogP contribution in [0.2, 0.25) is 5.02 Å². The molecule has 14 nitrogen and oxygen atoms in total. The third kappa shape index (κ3) is 11.6. The highest BCUT2D eigenvalue weighted by Crippen LogP contribution is 2.38. The smallest absolute Gasteiger partial charge is 0.261 e. The minimum absolute atomic E-state index is 0.00648. The van der Waals surface area contributed by atoms with E-state index in [9.17, 15) is 29.2 Å². The summed E-state index contributed by atoms with van der Waals surface area (Å²) in [5.74, 6) is -0.898. The summed E-state index contributed by atoms with van der Waals surface area (Å²) in [6.07, 6.45) is 4.44. The Balaban J connectivity index is 1.29. The number of nitrogens with zero attached hydrogens (tertiary/aromatic N) is 4. The number of carbonyl (C=O) groups is 5. The quantitative estimate of drug-likeness (QED) is 0.0483. The van der Waals surface area contributed by atoms with Gasteiger partial charge in [-0.2, -0.15) is 5.26 Å². The first-order valence-electron chi connectivity index (χ1n) is 17.7. The monoisotopic (exact) mass is 814 g/mol. The van der Waals surface area contributed by atoms with E-state index in [0.29, 0.717) is 35.0 Å². The number of benzene rings is 3. The van der Waals surface area contributed by atoms with Gasteiger partial charge in [0.15, 0.2) is 10.9 Å². The average Bonchev–Trinajstić information content (AvgIpc) is 3.21. The largest absolute Gasteiger partial charge is 0.488 e. The molecule has 3 aromatic carbocycles. The van der Waals surface area contributed by atoms with Crippen LogP contribution in [0, 0.1) is 18.3 Å². The average molecular weight is 815 g/mol. The summed E-state index contributed by atoms with van der Waals surface area (Å²) >= 11 is 8.11. The van der Waals surface area contributed by atoms with Crippen molar-refractivity contribution >= 4 is 59.5 Å². The number of amides is 4. The van der Waals surface area contributed by atoms with Crippen LogP contribution < -0.4 is 20.1 Å². The van der Waals surface area contributed by atoms with Crippen molar-refractivity contribution in [3.8, 4) is 17.6 Å². The second-order valence-corrected chi connectivity index (χ2v) is 14.3. The van der Waals surface area contributed by atoms with Gasteiger partial charge in [-0.1, -0.05) is 49.3 Å². The Labute approximate surface area is 340 Å². The van der Waals surface area contributed by atoms with E-state index in [-0.39, 0.29) is 61.0 Å². The number of aldehydes is 1. The number of ether oxygens (including phenoxy) is 3. The number of halogens is 1. The molecular weight excluding hydrogens is 772 g/mol. The Morgan fingerprint density at radius 2 is 1.79 bits per heavy atom. The molecule has 1 atom stereocenters. The molecule has 4 amide bonds. The molecule has 4 rings (SSSR count). The van der Waals surface area contributed by atoms with Gasteiger partial charge in [0, 0.05) is 36.3 Å². The van der Waals surface area contributed by atoms with E-state index in [4.69, 9.17) is 25.8 Å². The molecule has 0 aliphatic rings. The van der Waals surface area contributed by atoms with Gasteiger partial charge in [0.05, 0.1) is 22.9 Å². The Kier molecular flexibility index (Phi) is 16.1. The van der Waals surface area contributed by atoms with E-state index in [1.807, 2.05) is 50.4 Å². The van der Waals surface area contributed by atoms with Crippen LogP contribution in [0.4, 0.5) is 5.69 Å². The molecule has 0 fully saturated rings. The standard InChI is InChI=1S/C41H43ClN6O8S/c1-26-19-30(10-13-33(26)39(53)48(25-50)35(7-6-16-49)38(52)44-4)46-36(51)24-54-17-18-55-37-27(22-43)20-29(21-34(37)42)41(2,3)28-8-11-32(12-9-28)56-23-31-14-15-45-40(47-31)57-5/h8-16,19-21,25,35H,6-7,17-18,23-24H2,1-5H3,(H,44,52)(H,46,51). The second kappa shape index (κ2) is 20.9. The van der Waals surface area contributed by atoms with Crippen LogP contribution >= 0.6 is 23.4 Å². The van der Waals surface area contributed by atoms with Crippen LogP contribution in [-0.4, -0.2) is 84.5 Å². The predicted octanol–water partition coefficient (Wildman–Crippen LogP) is 5.66. The van der Waals surface area contributed by atoms with E-state index in [1.54, 1.807) is 31.3 Å². The minimum Gasteiger partial charge on any atom is -0.488 e. The van der Waals surface area contributed by atoms with E-state index < -0.39 is 29.2 Å². The van der Waals surface area contributed by atoms with Gasteiger partial charge in [0.1, 0.15) is 44.0 Å². The van der Waals surface area contributed by atoms with Crippen molar-refractivity contribution in [3.05, 3.63) is 105 Å². The molecule has 1 aromatic heterocycles. The zero-order valence-corrected chi connectivity index (χ0v) is 33.7. The summed E-state index contributed by atoms with van der Waals surface area (Å²) in [7, 11) is 1.37. The fraction of sp³-hybridized carbons (Fsp3) is 0.317. The number of imide groups is 1. The molecule has 4 aromatic rings. The molecule has 57 heavy (non-hydrogen) atoms. The normalized spacial score (nSPS) is 11.5. The maximum absolute atomic E-state index is 13.2. The van der Waals surface area contributed by atoms with Gasteiger partial charge in [-0.25, -0.2) is 9.97 Å². The lowest BCUT2D eigenvalue weighted by Crippen LogP contribution is -2.48. The van der Waals surface area contributed by atoms with Gasteiger partial charge in [-0.15, -0.1) is 0 Å². The zero-order chi connectivity index (χ0) is 41.5. The third-order valence-electron chi connectivity index (χ3n) is 8.96. The number of aryl methyl sites for hydroxylation is 1. The highest BCUT2D eigenvalue weighted by atomic mass is 35.5. The number of nitrogens with one attached hydrogen (secondary N) is 2. The fourth-order valence-corrected chi connectivity index (χ4v) is 6.42. The van der Waals surface area contributed by atoms with Crippen molar-refractivity contribution < 1.29 is 38.2 Å². The van der Waals surface area contributed by atoms with Crippen molar-refractivity contribution in [3.63, 3.8) is 0 Å². The number of nitriles is 1. The third-order valence-corrected chi connectivity index (χ3v) is 9.80. The van der Waals surface area contributed by atoms with Crippen molar-refractivity contribution in [1.29, 1.82) is 5.26 Å². The molecule has 0 aliphatic carbocycles. The van der Waals surface area contributed by atoms with Gasteiger partial charge in [0.2, 0.25) is 18.2 Å². The lowest BCUT2D eigenvalue weighted by atomic mass is 9.77. The van der Waals surface area contributed by atoms with Gasteiger partial charge in [-0.05, 0) is 84.8 Å². The zero-order valence-electron chi connectivity index (χ0n) is 32.2. The summed E-state index contributed by atoms with van der Waals surface area (Å²) < 4.78 is 17.2. The molecule has 2 N–H and O–H groups in total. The molecule has 0 aliphatic heterocycles. The highest BCUT2D eigenvalue weighted by Gasteiger charge is 2.30. The maximum Gasteiger partial charge on any atom is 0.261 e. The highest BCUT2D eigenvalue weighted by molar-refractivity contribution is 7.98. The first kappa shape index (κ1) is 43.9. The Morgan fingerprint density at radius 3 is 2.44 bits per heavy atom. The number of thioether (sulfide) groups is 1. The predicted molar refractivity (Wildman–Crippen MR) is 214 cm³/mol. The SMILES string of the molecule is CNC(=O)C(CCC=O)N(C=O)C(=O)c1ccc(NC(=O)COCCOc2c(Cl)cc(C(C)(C)c3ccc(OCc4ccnc(SC)n4)cc3)cc2C#N)cc1C. The van der Waals surface area contributed by atoms with E-state index in [2.05, 4.69) is 26.7 Å². The first-order valence-corrected chi connectivity index (χ1v) is 19.3. The lowest BCUT2D eigenvalue weighted by molar-refractivity contribution is -0.131. The van der Waals surface area contributed by atoms with Gasteiger partial charge < -0.3 is 29.6 Å². The van der Waals surface area contributed by atoms with E-state index >= 15 is 0 Å². The molecule has 0 saturated heterocycles. The van der Waals surface area contributed by atoms with Crippen LogP contribution in [-0.2, 0) is 35.9 Å². The topological polar surface area (TPSA) is 190 Å². The van der Waals surface area contributed by atoms with Crippen LogP contribution in [0.1, 0.15) is 65.0 Å². The van der Waals surface area contributed by atoms with Crippen molar-refractivity contribution in [2.45, 2.75) is 56.8 Å². The molecule has 0 radical (unpaired) electrons. The first-order chi connectivity index (χ1) is 27.4. The van der Waals surface area contributed by atoms with Gasteiger partial charge in [-0.3, -0.25) is 24.1 Å². The molecule has 16 heteroatoms. The van der Waals surface area contributed by atoms with Crippen molar-refractivity contribution in [2.75, 3.05) is 38.4 Å². The summed E-state index contributed by atoms with van der Waals surface area (Å²) in [4.78, 5) is 70.2. The number of carbonyl (C=O) groups excluding carboxylic acids is 5. The molecule has 0 saturated carbocycles. The molecule has 1 unspecified atom stereocenters. The van der Waals surface area contributed by atoms with Gasteiger partial charge in [0.25, 0.3) is 5.91 Å². The molecule has 0 bridgehead atoms. The lowest BCUT2D eigenvalue weighted by Gasteiger charge is -2.27. The molecule has 0 spiro atoms. The summed E-state index contributed by atoms with van der Waals surface area (Å²) in [5, 5.41) is 16.0. The molecule has 1 heterocycles. The molecular formula is C41H43ClN6O8S. The number of likely N-dealkylation sites (N-methyl/N-ethyl adjacent to an activating group) is 1. The summed E-state index contributed by atoms with van der Waals surface area (Å²) in [5.41, 5.74) is 3.23. The number of aromatic nitrogens is 2. The second-order valence-electron chi connectivity index (χ2n) is 13.1. The van der Waals surface area contributed by atoms with Crippen LogP contribution in [0.25, 0.3) is 0 Å². The Bertz CT molecular complexity index is 2130. The Hall–Kier alpha value is -5.82. The maximum atomic E-state index is 13.2. The number of hydrogen-bond acceptors (Lipinski definition) is 12. The van der Waals surface area contributed by atoms with Crippen LogP contribution in [0.3, 0.4) is 0 Å². The minimum atomic E-state index is -1.16. The van der Waals surface area contributed by atoms with E-state index in [0.717, 1.165) is 21.7 Å². The fourth-order valence-electron chi connectivity index (χ4n) is 5.77. The van der Waals surface area contributed by atoms with Crippen LogP contribution in [0.15, 0.2) is 72.0 Å². The summed E-state index contributed by atoms with van der Waals surface area (Å²) in [6, 6.07) is 18.5. The number of anilines is 1. The van der Waals surface area contributed by atoms with Crippen LogP contribution in [0.5, 0.6) is 11.5 Å². The van der Waals surface area contributed by atoms with Crippen molar-refractivity contribution in [2.24, 2.45) is 0 Å². The molecule has 298 valence electrons. The van der Waals surface area contributed by atoms with E-state index in [1.165, 1.54) is 30.9 Å². The Morgan fingerprint density at radius 1 is 1.04 bits per heavy atom. The summed E-state index contributed by atoms with van der Waals surface area (Å²) in [6.45, 7) is 5.68. The van der Waals surface area contributed by atoms with Crippen molar-refractivity contribution in [1.82, 2.24) is 20.2 Å².